The highest BCUT2D eigenvalue weighted by Crippen LogP contribution is 2.48. The summed E-state index contributed by atoms with van der Waals surface area (Å²) in [4.78, 5) is 0. The molecule has 0 radical (unpaired) electrons. The zero-order valence-electron chi connectivity index (χ0n) is 19.4. The van der Waals surface area contributed by atoms with Gasteiger partial charge in [0.05, 0.1) is 27.6 Å². The van der Waals surface area contributed by atoms with Crippen LogP contribution in [0.1, 0.15) is 0 Å². The van der Waals surface area contributed by atoms with Crippen molar-refractivity contribution in [1.82, 2.24) is 8.97 Å². The molecule has 6 aromatic carbocycles. The third-order valence-corrected chi connectivity index (χ3v) is 8.00. The molecule has 0 unspecified atom stereocenters. The Balaban J connectivity index is 1.73. The molecule has 0 bridgehead atoms. The molecule has 0 spiro atoms. The first kappa shape index (κ1) is 18.5. The summed E-state index contributed by atoms with van der Waals surface area (Å²) in [6.45, 7) is 0. The standard InChI is InChI=1S/C34H20N2/c1-2-11-21(12-3-1)35-29-20-9-7-16-26(29)30-23-14-4-5-15-25(23)33-31(34(30)35)27-18-10-17-24-22-13-6-8-19-28(22)36(33)32(24)27/h1-20H. The normalized spacial score (nSPS) is 12.4. The minimum Gasteiger partial charge on any atom is -0.309 e. The fourth-order valence-electron chi connectivity index (χ4n) is 6.69. The summed E-state index contributed by atoms with van der Waals surface area (Å²) in [6, 6.07) is 44.2. The number of rotatable bonds is 1. The summed E-state index contributed by atoms with van der Waals surface area (Å²) in [5.41, 5.74) is 7.60. The second kappa shape index (κ2) is 6.44. The number of nitrogens with zero attached hydrogens (tertiary/aromatic N) is 2. The van der Waals surface area contributed by atoms with Crippen molar-refractivity contribution in [3.8, 4) is 5.69 Å². The van der Waals surface area contributed by atoms with Crippen LogP contribution in [0.3, 0.4) is 0 Å². The Morgan fingerprint density at radius 2 is 0.917 bits per heavy atom. The van der Waals surface area contributed by atoms with E-state index in [1.54, 1.807) is 0 Å². The molecule has 0 aliphatic rings. The lowest BCUT2D eigenvalue weighted by atomic mass is 9.98. The molecule has 9 rings (SSSR count). The molecule has 166 valence electrons. The van der Waals surface area contributed by atoms with E-state index in [0.29, 0.717) is 0 Å². The van der Waals surface area contributed by atoms with Gasteiger partial charge in [0.2, 0.25) is 0 Å². The highest BCUT2D eigenvalue weighted by Gasteiger charge is 2.25. The monoisotopic (exact) mass is 456 g/mol. The molecule has 3 heterocycles. The molecule has 3 aromatic heterocycles. The molecule has 0 saturated heterocycles. The summed E-state index contributed by atoms with van der Waals surface area (Å²) < 4.78 is 4.99. The van der Waals surface area contributed by atoms with E-state index in [-0.39, 0.29) is 0 Å². The van der Waals surface area contributed by atoms with Gasteiger partial charge in [0.25, 0.3) is 0 Å². The van der Waals surface area contributed by atoms with E-state index < -0.39 is 0 Å². The van der Waals surface area contributed by atoms with Crippen molar-refractivity contribution in [1.29, 1.82) is 0 Å². The molecule has 0 saturated carbocycles. The highest BCUT2D eigenvalue weighted by atomic mass is 15.0. The average Bonchev–Trinajstić information content (AvgIpc) is 3.59. The van der Waals surface area contributed by atoms with Gasteiger partial charge in [-0.2, -0.15) is 0 Å². The molecular formula is C34H20N2. The van der Waals surface area contributed by atoms with E-state index in [4.69, 9.17) is 0 Å². The van der Waals surface area contributed by atoms with Gasteiger partial charge in [0.1, 0.15) is 0 Å². The molecule has 0 aliphatic heterocycles. The first-order chi connectivity index (χ1) is 17.9. The topological polar surface area (TPSA) is 9.34 Å². The predicted molar refractivity (Wildman–Crippen MR) is 153 cm³/mol. The van der Waals surface area contributed by atoms with E-state index in [2.05, 4.69) is 130 Å². The minimum absolute atomic E-state index is 1.19. The molecule has 9 aromatic rings. The van der Waals surface area contributed by atoms with Gasteiger partial charge in [0.15, 0.2) is 0 Å². The van der Waals surface area contributed by atoms with Crippen LogP contribution in [-0.2, 0) is 0 Å². The third-order valence-electron chi connectivity index (χ3n) is 8.00. The second-order valence-electron chi connectivity index (χ2n) is 9.74. The van der Waals surface area contributed by atoms with Crippen LogP contribution in [0.4, 0.5) is 0 Å². The largest absolute Gasteiger partial charge is 0.309 e. The Hall–Kier alpha value is -4.82. The molecule has 2 heteroatoms. The lowest BCUT2D eigenvalue weighted by Crippen LogP contribution is -1.94. The van der Waals surface area contributed by atoms with E-state index in [1.165, 1.54) is 76.4 Å². The SMILES string of the molecule is c1ccc(-n2c3ccccc3c3c4ccccc4c4c(c5cccc6c7ccccc7n4c65)c32)cc1. The first-order valence-corrected chi connectivity index (χ1v) is 12.5. The maximum Gasteiger partial charge on any atom is 0.0647 e. The molecule has 0 amide bonds. The van der Waals surface area contributed by atoms with E-state index >= 15 is 0 Å². The van der Waals surface area contributed by atoms with Gasteiger partial charge in [-0.05, 0) is 29.7 Å². The summed E-state index contributed by atoms with van der Waals surface area (Å²) >= 11 is 0. The number of hydrogen-bond donors (Lipinski definition) is 0. The van der Waals surface area contributed by atoms with Crippen LogP contribution in [0.5, 0.6) is 0 Å². The molecule has 36 heavy (non-hydrogen) atoms. The molecule has 0 atom stereocenters. The van der Waals surface area contributed by atoms with Crippen LogP contribution in [0.15, 0.2) is 121 Å². The number of benzene rings is 6. The van der Waals surface area contributed by atoms with Crippen LogP contribution < -0.4 is 0 Å². The van der Waals surface area contributed by atoms with E-state index in [0.717, 1.165) is 0 Å². The molecule has 0 N–H and O–H groups in total. The first-order valence-electron chi connectivity index (χ1n) is 12.5. The van der Waals surface area contributed by atoms with Gasteiger partial charge >= 0.3 is 0 Å². The number of para-hydroxylation sites is 4. The second-order valence-corrected chi connectivity index (χ2v) is 9.74. The van der Waals surface area contributed by atoms with Crippen LogP contribution in [0.2, 0.25) is 0 Å². The van der Waals surface area contributed by atoms with Crippen LogP contribution in [0.25, 0.3) is 76.4 Å². The van der Waals surface area contributed by atoms with E-state index in [9.17, 15) is 0 Å². The Bertz CT molecular complexity index is 2300. The molecular weight excluding hydrogens is 436 g/mol. The number of aromatic nitrogens is 2. The smallest absolute Gasteiger partial charge is 0.0647 e. The quantitative estimate of drug-likeness (QED) is 0.233. The minimum atomic E-state index is 1.19. The van der Waals surface area contributed by atoms with Crippen molar-refractivity contribution < 1.29 is 0 Å². The van der Waals surface area contributed by atoms with Crippen LogP contribution >= 0.6 is 0 Å². The van der Waals surface area contributed by atoms with Crippen molar-refractivity contribution in [3.05, 3.63) is 121 Å². The highest BCUT2D eigenvalue weighted by molar-refractivity contribution is 6.38. The summed E-state index contributed by atoms with van der Waals surface area (Å²) in [5.74, 6) is 0. The third kappa shape index (κ3) is 2.06. The molecule has 0 fully saturated rings. The predicted octanol–water partition coefficient (Wildman–Crippen LogP) is 9.09. The van der Waals surface area contributed by atoms with Crippen molar-refractivity contribution >= 4 is 70.7 Å². The van der Waals surface area contributed by atoms with Gasteiger partial charge in [0, 0.05) is 43.4 Å². The van der Waals surface area contributed by atoms with Crippen molar-refractivity contribution in [2.75, 3.05) is 0 Å². The maximum absolute atomic E-state index is 2.52. The van der Waals surface area contributed by atoms with Crippen molar-refractivity contribution in [2.24, 2.45) is 0 Å². The van der Waals surface area contributed by atoms with Crippen molar-refractivity contribution in [2.45, 2.75) is 0 Å². The molecule has 0 aliphatic carbocycles. The van der Waals surface area contributed by atoms with Crippen molar-refractivity contribution in [3.63, 3.8) is 0 Å². The Kier molecular flexibility index (Phi) is 3.31. The van der Waals surface area contributed by atoms with Crippen LogP contribution in [0, 0.1) is 0 Å². The summed E-state index contributed by atoms with van der Waals surface area (Å²) in [6.07, 6.45) is 0. The number of fused-ring (bicyclic) bond motifs is 13. The Morgan fingerprint density at radius 1 is 0.333 bits per heavy atom. The zero-order valence-corrected chi connectivity index (χ0v) is 19.4. The van der Waals surface area contributed by atoms with E-state index in [1.807, 2.05) is 0 Å². The van der Waals surface area contributed by atoms with Gasteiger partial charge in [-0.1, -0.05) is 97.1 Å². The van der Waals surface area contributed by atoms with Gasteiger partial charge in [-0.25, -0.2) is 0 Å². The van der Waals surface area contributed by atoms with Gasteiger partial charge < -0.3 is 8.97 Å². The summed E-state index contributed by atoms with van der Waals surface area (Å²) in [7, 11) is 0. The molecule has 2 nitrogen and oxygen atoms in total. The fraction of sp³-hybridized carbons (Fsp3) is 0. The summed E-state index contributed by atoms with van der Waals surface area (Å²) in [5, 5.41) is 10.5. The van der Waals surface area contributed by atoms with Gasteiger partial charge in [-0.15, -0.1) is 0 Å². The fourth-order valence-corrected chi connectivity index (χ4v) is 6.69. The lowest BCUT2D eigenvalue weighted by molar-refractivity contribution is 1.19. The maximum atomic E-state index is 2.52. The van der Waals surface area contributed by atoms with Crippen LogP contribution in [-0.4, -0.2) is 8.97 Å². The lowest BCUT2D eigenvalue weighted by Gasteiger charge is -2.11. The van der Waals surface area contributed by atoms with Gasteiger partial charge in [-0.3, -0.25) is 0 Å². The number of hydrogen-bond acceptors (Lipinski definition) is 0. The Labute approximate surface area is 206 Å². The average molecular weight is 457 g/mol. The zero-order chi connectivity index (χ0) is 23.4. The Morgan fingerprint density at radius 3 is 1.75 bits per heavy atom.